The fourth-order valence-electron chi connectivity index (χ4n) is 9.89. The molecule has 8 rings (SSSR count). The molecule has 1 aliphatic carbocycles. The summed E-state index contributed by atoms with van der Waals surface area (Å²) < 4.78 is 27.1. The second-order valence-electron chi connectivity index (χ2n) is 26.0. The third-order valence-electron chi connectivity index (χ3n) is 14.4. The Kier molecular flexibility index (Phi) is 20.1. The Balaban J connectivity index is 0.000000205. The summed E-state index contributed by atoms with van der Waals surface area (Å²) in [7, 11) is 0. The van der Waals surface area contributed by atoms with Crippen LogP contribution in [0.3, 0.4) is 0 Å². The summed E-state index contributed by atoms with van der Waals surface area (Å²) in [6, 6.07) is 0. The van der Waals surface area contributed by atoms with E-state index in [2.05, 4.69) is 153 Å². The van der Waals surface area contributed by atoms with Crippen molar-refractivity contribution in [3.8, 4) is 0 Å². The number of aromatic nitrogens is 3. The SMILES string of the molecule is CC(C)(C)C1C(=O)OCC1(C)C.CC(C)(C)C1CC2OCCC2(C)C1.CC(C)(C)C1CCOC1.CC(C)(C)c1cncnc1.CC(C)(C)c1cncs1.CC(C)C1COC2OCCC21. The predicted molar refractivity (Wildman–Crippen MR) is 264 cm³/mol. The highest BCUT2D eigenvalue weighted by atomic mass is 32.1. The minimum absolute atomic E-state index is 0.00463. The molecule has 2 aromatic rings. The van der Waals surface area contributed by atoms with Crippen molar-refractivity contribution in [2.75, 3.05) is 39.6 Å². The molecule has 6 fully saturated rings. The fraction of sp³-hybridized carbons (Fsp3) is 0.852. The first-order chi connectivity index (χ1) is 29.3. The number of ether oxygens (including phenoxy) is 5. The first-order valence-electron chi connectivity index (χ1n) is 24.5. The van der Waals surface area contributed by atoms with E-state index in [0.29, 0.717) is 34.9 Å². The van der Waals surface area contributed by atoms with Gasteiger partial charge in [-0.3, -0.25) is 9.78 Å². The third-order valence-corrected chi connectivity index (χ3v) is 15.6. The second-order valence-corrected chi connectivity index (χ2v) is 26.9. The average Bonchev–Trinajstić information content (AvgIpc) is 4.00. The van der Waals surface area contributed by atoms with Crippen molar-refractivity contribution >= 4 is 17.3 Å². The van der Waals surface area contributed by atoms with Gasteiger partial charge in [-0.1, -0.05) is 138 Å². The number of hydrogen-bond acceptors (Lipinski definition) is 10. The highest BCUT2D eigenvalue weighted by Crippen LogP contribution is 2.54. The third kappa shape index (κ3) is 17.0. The molecule has 0 radical (unpaired) electrons. The van der Waals surface area contributed by atoms with Crippen LogP contribution in [0.5, 0.6) is 0 Å². The molecular weight excluding hydrogens is 819 g/mol. The molecule has 9 nitrogen and oxygen atoms in total. The molecule has 0 bridgehead atoms. The Morgan fingerprint density at radius 1 is 0.703 bits per heavy atom. The van der Waals surface area contributed by atoms with Crippen molar-refractivity contribution in [2.45, 2.75) is 194 Å². The van der Waals surface area contributed by atoms with Crippen molar-refractivity contribution in [3.63, 3.8) is 0 Å². The molecule has 0 spiro atoms. The van der Waals surface area contributed by atoms with Crippen LogP contribution in [0.15, 0.2) is 30.4 Å². The number of cyclic esters (lactones) is 1. The summed E-state index contributed by atoms with van der Waals surface area (Å²) in [6.45, 7) is 49.7. The van der Waals surface area contributed by atoms with E-state index >= 15 is 0 Å². The largest absolute Gasteiger partial charge is 0.465 e. The van der Waals surface area contributed by atoms with E-state index in [1.165, 1.54) is 42.5 Å². The molecule has 64 heavy (non-hydrogen) atoms. The van der Waals surface area contributed by atoms with Crippen molar-refractivity contribution in [2.24, 2.45) is 62.6 Å². The molecule has 1 saturated carbocycles. The predicted octanol–water partition coefficient (Wildman–Crippen LogP) is 13.4. The molecule has 8 unspecified atom stereocenters. The Hall–Kier alpha value is -1.98. The summed E-state index contributed by atoms with van der Waals surface area (Å²) in [5, 5.41) is 0. The molecule has 0 amide bonds. The number of esters is 1. The van der Waals surface area contributed by atoms with E-state index < -0.39 is 0 Å². The number of fused-ring (bicyclic) bond motifs is 2. The molecule has 6 aliphatic rings. The zero-order chi connectivity index (χ0) is 48.5. The quantitative estimate of drug-likeness (QED) is 0.259. The van der Waals surface area contributed by atoms with Crippen molar-refractivity contribution < 1.29 is 28.5 Å². The Morgan fingerprint density at radius 3 is 1.70 bits per heavy atom. The number of thiazole rings is 1. The highest BCUT2D eigenvalue weighted by molar-refractivity contribution is 7.09. The summed E-state index contributed by atoms with van der Waals surface area (Å²) in [5.41, 5.74) is 4.94. The zero-order valence-electron chi connectivity index (χ0n) is 44.5. The lowest BCUT2D eigenvalue weighted by atomic mass is 9.67. The fourth-order valence-corrected chi connectivity index (χ4v) is 10.6. The second kappa shape index (κ2) is 22.9. The van der Waals surface area contributed by atoms with Gasteiger partial charge in [0.2, 0.25) is 0 Å². The Labute approximate surface area is 396 Å². The lowest BCUT2D eigenvalue weighted by molar-refractivity contribution is -0.144. The van der Waals surface area contributed by atoms with Crippen LogP contribution in [0.4, 0.5) is 0 Å². The van der Waals surface area contributed by atoms with Gasteiger partial charge in [-0.15, -0.1) is 11.3 Å². The number of rotatable bonds is 1. The van der Waals surface area contributed by atoms with Gasteiger partial charge >= 0.3 is 5.97 Å². The molecule has 5 aliphatic heterocycles. The van der Waals surface area contributed by atoms with Crippen LogP contribution in [0.2, 0.25) is 0 Å². The number of carbonyl (C=O) groups excluding carboxylic acids is 1. The van der Waals surface area contributed by atoms with Crippen molar-refractivity contribution in [3.05, 3.63) is 40.9 Å². The first-order valence-corrected chi connectivity index (χ1v) is 25.4. The van der Waals surface area contributed by atoms with Crippen LogP contribution in [-0.2, 0) is 39.3 Å². The van der Waals surface area contributed by atoms with Crippen LogP contribution in [-0.4, -0.2) is 73.0 Å². The van der Waals surface area contributed by atoms with Crippen LogP contribution in [0.1, 0.15) is 181 Å². The minimum atomic E-state index is -0.0347. The smallest absolute Gasteiger partial charge is 0.310 e. The van der Waals surface area contributed by atoms with Gasteiger partial charge in [0.15, 0.2) is 6.29 Å². The van der Waals surface area contributed by atoms with Crippen LogP contribution < -0.4 is 0 Å². The molecule has 8 atom stereocenters. The van der Waals surface area contributed by atoms with Crippen LogP contribution in [0.25, 0.3) is 0 Å². The number of carbonyl (C=O) groups is 1. The van der Waals surface area contributed by atoms with E-state index in [9.17, 15) is 4.79 Å². The molecular formula is C54H95N3O6S. The summed E-state index contributed by atoms with van der Waals surface area (Å²) in [4.78, 5) is 24.7. The van der Waals surface area contributed by atoms with Gasteiger partial charge in [-0.2, -0.15) is 0 Å². The van der Waals surface area contributed by atoms with Crippen LogP contribution >= 0.6 is 11.3 Å². The molecule has 10 heteroatoms. The average molecular weight is 914 g/mol. The van der Waals surface area contributed by atoms with Crippen molar-refractivity contribution in [1.29, 1.82) is 0 Å². The van der Waals surface area contributed by atoms with E-state index in [1.54, 1.807) is 17.7 Å². The van der Waals surface area contributed by atoms with Gasteiger partial charge in [-0.05, 0) is 93.8 Å². The lowest BCUT2D eigenvalue weighted by Crippen LogP contribution is -2.35. The van der Waals surface area contributed by atoms with Gasteiger partial charge in [0.25, 0.3) is 0 Å². The minimum Gasteiger partial charge on any atom is -0.465 e. The highest BCUT2D eigenvalue weighted by Gasteiger charge is 2.51. The maximum absolute atomic E-state index is 11.4. The van der Waals surface area contributed by atoms with Gasteiger partial charge in [0, 0.05) is 54.6 Å². The van der Waals surface area contributed by atoms with Gasteiger partial charge in [0.05, 0.1) is 37.4 Å². The molecule has 2 aromatic heterocycles. The standard InChI is InChI=1S/C12H22O.C10H18O2.C9H16O2.C8H12N2.C8H16O.C7H11NS/c1-11(2,3)9-7-10-12(4,8-9)5-6-13-10;1-9(2,3)7-8(11)12-6-10(7,4)5;1-6(2)8-5-11-9-7(8)3-4-10-9;1-8(2,3)7-4-9-6-10-5-7;1-8(2,3)7-4-5-9-6-7;1-7(2,3)6-4-8-5-9-6/h9-10H,5-8H2,1-4H3;7H,6H2,1-5H3;6-9H,3-5H2,1-2H3;4-6H,1-3H3;7H,4-6H2,1-3H3;4-5H,1-3H3. The summed E-state index contributed by atoms with van der Waals surface area (Å²) in [6.07, 6.45) is 14.3. The normalized spacial score (nSPS) is 29.6. The van der Waals surface area contributed by atoms with E-state index in [-0.39, 0.29) is 39.8 Å². The van der Waals surface area contributed by atoms with Crippen LogP contribution in [0, 0.1) is 62.6 Å². The van der Waals surface area contributed by atoms with E-state index in [0.717, 1.165) is 56.7 Å². The number of nitrogens with zero attached hydrogens (tertiary/aromatic N) is 3. The van der Waals surface area contributed by atoms with Gasteiger partial charge < -0.3 is 23.7 Å². The molecule has 7 heterocycles. The monoisotopic (exact) mass is 914 g/mol. The topological polar surface area (TPSA) is 102 Å². The zero-order valence-corrected chi connectivity index (χ0v) is 45.3. The number of hydrogen-bond donors (Lipinski definition) is 0. The van der Waals surface area contributed by atoms with E-state index in [1.807, 2.05) is 24.1 Å². The van der Waals surface area contributed by atoms with Gasteiger partial charge in [-0.25, -0.2) is 9.97 Å². The van der Waals surface area contributed by atoms with E-state index in [4.69, 9.17) is 23.7 Å². The first kappa shape index (κ1) is 56.3. The maximum Gasteiger partial charge on any atom is 0.310 e. The summed E-state index contributed by atoms with van der Waals surface area (Å²) >= 11 is 1.72. The summed E-state index contributed by atoms with van der Waals surface area (Å²) in [5.74, 6) is 3.82. The molecule has 0 aromatic carbocycles. The Bertz CT molecular complexity index is 1640. The van der Waals surface area contributed by atoms with Crippen molar-refractivity contribution in [1.82, 2.24) is 15.0 Å². The lowest BCUT2D eigenvalue weighted by Gasteiger charge is -2.32. The molecule has 368 valence electrons. The maximum atomic E-state index is 11.4. The van der Waals surface area contributed by atoms with Gasteiger partial charge in [0.1, 0.15) is 6.33 Å². The molecule has 5 saturated heterocycles. The molecule has 0 N–H and O–H groups in total. The Morgan fingerprint density at radius 2 is 1.33 bits per heavy atom.